The first-order valence-electron chi connectivity index (χ1n) is 7.84. The molecular formula is C17H20ClNO2. The summed E-state index contributed by atoms with van der Waals surface area (Å²) in [5, 5.41) is 13.6. The Labute approximate surface area is 129 Å². The van der Waals surface area contributed by atoms with Crippen LogP contribution in [0.4, 0.5) is 0 Å². The van der Waals surface area contributed by atoms with E-state index in [0.717, 1.165) is 37.0 Å². The number of hydrogen-bond acceptors (Lipinski definition) is 2. The Hall–Kier alpha value is -1.22. The van der Waals surface area contributed by atoms with E-state index < -0.39 is 0 Å². The lowest BCUT2D eigenvalue weighted by Gasteiger charge is -2.56. The van der Waals surface area contributed by atoms with Gasteiger partial charge in [-0.25, -0.2) is 0 Å². The van der Waals surface area contributed by atoms with Gasteiger partial charge in [-0.3, -0.25) is 4.79 Å². The highest BCUT2D eigenvalue weighted by atomic mass is 35.5. The molecule has 4 bridgehead atoms. The fourth-order valence-electron chi connectivity index (χ4n) is 5.26. The molecule has 4 fully saturated rings. The average molecular weight is 306 g/mol. The Morgan fingerprint density at radius 1 is 1.14 bits per heavy atom. The molecule has 21 heavy (non-hydrogen) atoms. The maximum absolute atomic E-state index is 12.6. The first-order chi connectivity index (χ1) is 10.0. The van der Waals surface area contributed by atoms with Gasteiger partial charge in [0.2, 0.25) is 0 Å². The van der Waals surface area contributed by atoms with Crippen LogP contribution in [0.3, 0.4) is 0 Å². The van der Waals surface area contributed by atoms with Gasteiger partial charge in [-0.05, 0) is 74.5 Å². The molecule has 4 aliphatic carbocycles. The highest BCUT2D eigenvalue weighted by Crippen LogP contribution is 2.55. The molecule has 2 N–H and O–H groups in total. The van der Waals surface area contributed by atoms with Crippen LogP contribution in [0.1, 0.15) is 48.9 Å². The number of phenolic OH excluding ortho intramolecular Hbond substituents is 1. The van der Waals surface area contributed by atoms with Crippen molar-refractivity contribution in [2.75, 3.05) is 0 Å². The number of carbonyl (C=O) groups excluding carboxylic acids is 1. The molecule has 0 aromatic heterocycles. The molecule has 0 radical (unpaired) electrons. The average Bonchev–Trinajstić information content (AvgIpc) is 2.39. The molecule has 0 atom stereocenters. The van der Waals surface area contributed by atoms with Crippen molar-refractivity contribution >= 4 is 17.5 Å². The van der Waals surface area contributed by atoms with Crippen LogP contribution < -0.4 is 5.32 Å². The van der Waals surface area contributed by atoms with Crippen LogP contribution in [0.2, 0.25) is 5.02 Å². The molecule has 0 spiro atoms. The molecule has 1 aromatic carbocycles. The molecule has 0 heterocycles. The molecule has 4 saturated carbocycles. The number of amides is 1. The molecule has 1 aromatic rings. The largest absolute Gasteiger partial charge is 0.507 e. The monoisotopic (exact) mass is 305 g/mol. The molecule has 0 aliphatic heterocycles. The van der Waals surface area contributed by atoms with E-state index in [9.17, 15) is 9.90 Å². The predicted molar refractivity (Wildman–Crippen MR) is 81.5 cm³/mol. The fraction of sp³-hybridized carbons (Fsp3) is 0.588. The molecule has 4 aliphatic rings. The molecule has 0 unspecified atom stereocenters. The fourth-order valence-corrected chi connectivity index (χ4v) is 5.43. The zero-order valence-corrected chi connectivity index (χ0v) is 12.7. The van der Waals surface area contributed by atoms with E-state index in [1.54, 1.807) is 12.1 Å². The van der Waals surface area contributed by atoms with Crippen LogP contribution in [-0.4, -0.2) is 16.6 Å². The van der Waals surface area contributed by atoms with Gasteiger partial charge < -0.3 is 10.4 Å². The summed E-state index contributed by atoms with van der Waals surface area (Å²) < 4.78 is 0. The zero-order valence-electron chi connectivity index (χ0n) is 11.9. The highest BCUT2D eigenvalue weighted by Gasteiger charge is 2.51. The van der Waals surface area contributed by atoms with E-state index >= 15 is 0 Å². The number of carbonyl (C=O) groups is 1. The topological polar surface area (TPSA) is 49.3 Å². The number of rotatable bonds is 2. The van der Waals surface area contributed by atoms with Crippen molar-refractivity contribution in [2.24, 2.45) is 17.8 Å². The minimum atomic E-state index is -0.183. The van der Waals surface area contributed by atoms with Gasteiger partial charge in [0.15, 0.2) is 0 Å². The van der Waals surface area contributed by atoms with Crippen molar-refractivity contribution in [2.45, 2.75) is 44.1 Å². The lowest BCUT2D eigenvalue weighted by molar-refractivity contribution is -0.0167. The lowest BCUT2D eigenvalue weighted by atomic mass is 9.53. The minimum absolute atomic E-state index is 0.00151. The summed E-state index contributed by atoms with van der Waals surface area (Å²) in [4.78, 5) is 12.6. The van der Waals surface area contributed by atoms with Crippen LogP contribution >= 0.6 is 11.6 Å². The van der Waals surface area contributed by atoms with Gasteiger partial charge in [-0.2, -0.15) is 0 Å². The van der Waals surface area contributed by atoms with Gasteiger partial charge in [0, 0.05) is 10.6 Å². The third kappa shape index (κ3) is 2.32. The lowest BCUT2D eigenvalue weighted by Crippen LogP contribution is -2.59. The number of hydrogen-bond donors (Lipinski definition) is 2. The van der Waals surface area contributed by atoms with E-state index in [-0.39, 0.29) is 17.2 Å². The smallest absolute Gasteiger partial charge is 0.255 e. The summed E-state index contributed by atoms with van der Waals surface area (Å²) in [6.45, 7) is 0. The van der Waals surface area contributed by atoms with Gasteiger partial charge in [-0.15, -0.1) is 0 Å². The normalized spacial score (nSPS) is 36.7. The second-order valence-electron chi connectivity index (χ2n) is 7.31. The van der Waals surface area contributed by atoms with Gasteiger partial charge in [0.25, 0.3) is 5.91 Å². The van der Waals surface area contributed by atoms with Crippen molar-refractivity contribution in [1.82, 2.24) is 5.32 Å². The summed E-state index contributed by atoms with van der Waals surface area (Å²) in [7, 11) is 0. The second-order valence-corrected chi connectivity index (χ2v) is 7.75. The third-order valence-electron chi connectivity index (χ3n) is 5.62. The van der Waals surface area contributed by atoms with Gasteiger partial charge in [0.1, 0.15) is 5.75 Å². The van der Waals surface area contributed by atoms with Crippen LogP contribution in [0.25, 0.3) is 0 Å². The van der Waals surface area contributed by atoms with E-state index in [4.69, 9.17) is 11.6 Å². The van der Waals surface area contributed by atoms with Gasteiger partial charge >= 0.3 is 0 Å². The predicted octanol–water partition coefficient (Wildman–Crippen LogP) is 3.74. The van der Waals surface area contributed by atoms with E-state index in [2.05, 4.69) is 5.32 Å². The molecule has 5 rings (SSSR count). The maximum Gasteiger partial charge on any atom is 0.255 e. The van der Waals surface area contributed by atoms with E-state index in [1.165, 1.54) is 25.3 Å². The third-order valence-corrected chi connectivity index (χ3v) is 5.86. The molecule has 0 saturated heterocycles. The molecule has 3 nitrogen and oxygen atoms in total. The van der Waals surface area contributed by atoms with Crippen molar-refractivity contribution in [3.05, 3.63) is 28.8 Å². The summed E-state index contributed by atoms with van der Waals surface area (Å²) in [6, 6.07) is 4.63. The Morgan fingerprint density at radius 3 is 2.29 bits per heavy atom. The van der Waals surface area contributed by atoms with Crippen molar-refractivity contribution in [1.29, 1.82) is 0 Å². The minimum Gasteiger partial charge on any atom is -0.507 e. The number of aromatic hydroxyl groups is 1. The van der Waals surface area contributed by atoms with Crippen molar-refractivity contribution in [3.63, 3.8) is 0 Å². The van der Waals surface area contributed by atoms with Crippen molar-refractivity contribution in [3.8, 4) is 5.75 Å². The maximum atomic E-state index is 12.6. The Balaban J connectivity index is 1.58. The number of nitrogens with one attached hydrogen (secondary N) is 1. The SMILES string of the molecule is O=C(NC12CC3CC(CC(C3)C1)C2)c1cc(Cl)ccc1O. The standard InChI is InChI=1S/C17H20ClNO2/c18-13-1-2-15(20)14(6-13)16(21)19-17-7-10-3-11(8-17)5-12(4-10)9-17/h1-2,6,10-12,20H,3-5,7-9H2,(H,19,21). The summed E-state index contributed by atoms with van der Waals surface area (Å²) >= 11 is 5.95. The van der Waals surface area contributed by atoms with Crippen molar-refractivity contribution < 1.29 is 9.90 Å². The number of halogens is 1. The first kappa shape index (κ1) is 13.4. The van der Waals surface area contributed by atoms with E-state index in [1.807, 2.05) is 0 Å². The molecule has 4 heteroatoms. The summed E-state index contributed by atoms with van der Waals surface area (Å²) in [5.41, 5.74) is 0.249. The summed E-state index contributed by atoms with van der Waals surface area (Å²) in [6.07, 6.45) is 7.34. The zero-order chi connectivity index (χ0) is 14.6. The number of benzene rings is 1. The molecule has 1 amide bonds. The number of phenols is 1. The van der Waals surface area contributed by atoms with Crippen LogP contribution in [0.15, 0.2) is 18.2 Å². The summed E-state index contributed by atoms with van der Waals surface area (Å²) in [5.74, 6) is 2.16. The second kappa shape index (κ2) is 4.64. The van der Waals surface area contributed by atoms with E-state index in [0.29, 0.717) is 10.6 Å². The van der Waals surface area contributed by atoms with Gasteiger partial charge in [-0.1, -0.05) is 11.6 Å². The Kier molecular flexibility index (Phi) is 2.97. The molecule has 112 valence electrons. The Morgan fingerprint density at radius 2 is 1.71 bits per heavy atom. The molecular weight excluding hydrogens is 286 g/mol. The quantitative estimate of drug-likeness (QED) is 0.874. The van der Waals surface area contributed by atoms with Gasteiger partial charge in [0.05, 0.1) is 5.56 Å². The highest BCUT2D eigenvalue weighted by molar-refractivity contribution is 6.31. The van der Waals surface area contributed by atoms with Crippen LogP contribution in [-0.2, 0) is 0 Å². The Bertz CT molecular complexity index is 563. The first-order valence-corrected chi connectivity index (χ1v) is 8.22. The van der Waals surface area contributed by atoms with Crippen LogP contribution in [0.5, 0.6) is 5.75 Å². The van der Waals surface area contributed by atoms with Crippen LogP contribution in [0, 0.1) is 17.8 Å².